The van der Waals surface area contributed by atoms with Gasteiger partial charge in [0.2, 0.25) is 0 Å². The molecule has 0 aromatic heterocycles. The first-order chi connectivity index (χ1) is 9.29. The van der Waals surface area contributed by atoms with Crippen molar-refractivity contribution in [1.29, 1.82) is 0 Å². The van der Waals surface area contributed by atoms with Crippen molar-refractivity contribution in [2.24, 2.45) is 5.73 Å². The maximum atomic E-state index is 12.0. The molecule has 0 saturated carbocycles. The standard InChI is InChI=1S/C14H22N4O/c15-6-7-17-8-10-18(11-9-17)14(19)16-12-13-4-2-1-3-5-13/h1-5H,6-12,15H2,(H,16,19). The van der Waals surface area contributed by atoms with Gasteiger partial charge in [-0.2, -0.15) is 0 Å². The molecule has 5 nitrogen and oxygen atoms in total. The lowest BCUT2D eigenvalue weighted by Crippen LogP contribution is -2.52. The van der Waals surface area contributed by atoms with Gasteiger partial charge in [-0.15, -0.1) is 0 Å². The Labute approximate surface area is 114 Å². The molecule has 1 aliphatic heterocycles. The average molecular weight is 262 g/mol. The van der Waals surface area contributed by atoms with Gasteiger partial charge in [0.1, 0.15) is 0 Å². The van der Waals surface area contributed by atoms with Gasteiger partial charge in [-0.25, -0.2) is 4.79 Å². The van der Waals surface area contributed by atoms with E-state index >= 15 is 0 Å². The Hall–Kier alpha value is -1.59. The molecule has 1 aromatic rings. The minimum absolute atomic E-state index is 0.0243. The van der Waals surface area contributed by atoms with E-state index in [4.69, 9.17) is 5.73 Å². The molecule has 0 radical (unpaired) electrons. The van der Waals surface area contributed by atoms with E-state index < -0.39 is 0 Å². The number of hydrogen-bond donors (Lipinski definition) is 2. The van der Waals surface area contributed by atoms with Crippen LogP contribution < -0.4 is 11.1 Å². The van der Waals surface area contributed by atoms with Crippen molar-refractivity contribution in [3.63, 3.8) is 0 Å². The fourth-order valence-corrected chi connectivity index (χ4v) is 2.24. The lowest BCUT2D eigenvalue weighted by Gasteiger charge is -2.34. The number of nitrogens with two attached hydrogens (primary N) is 1. The van der Waals surface area contributed by atoms with Gasteiger partial charge >= 0.3 is 6.03 Å². The van der Waals surface area contributed by atoms with Crippen LogP contribution in [0.4, 0.5) is 4.79 Å². The summed E-state index contributed by atoms with van der Waals surface area (Å²) in [6.07, 6.45) is 0. The van der Waals surface area contributed by atoms with Gasteiger partial charge < -0.3 is 16.0 Å². The van der Waals surface area contributed by atoms with E-state index in [-0.39, 0.29) is 6.03 Å². The quantitative estimate of drug-likeness (QED) is 0.829. The third kappa shape index (κ3) is 4.22. The van der Waals surface area contributed by atoms with E-state index in [0.717, 1.165) is 38.3 Å². The van der Waals surface area contributed by atoms with Crippen LogP contribution in [0.15, 0.2) is 30.3 Å². The van der Waals surface area contributed by atoms with Crippen molar-refractivity contribution in [1.82, 2.24) is 15.1 Å². The fraction of sp³-hybridized carbons (Fsp3) is 0.500. The zero-order chi connectivity index (χ0) is 13.5. The van der Waals surface area contributed by atoms with Crippen LogP contribution in [0.5, 0.6) is 0 Å². The topological polar surface area (TPSA) is 61.6 Å². The van der Waals surface area contributed by atoms with E-state index in [1.807, 2.05) is 35.2 Å². The van der Waals surface area contributed by atoms with Crippen LogP contribution in [-0.2, 0) is 6.54 Å². The third-order valence-corrected chi connectivity index (χ3v) is 3.39. The number of carbonyl (C=O) groups excluding carboxylic acids is 1. The highest BCUT2D eigenvalue weighted by molar-refractivity contribution is 5.74. The maximum absolute atomic E-state index is 12.0. The number of benzene rings is 1. The van der Waals surface area contributed by atoms with Crippen LogP contribution in [0.1, 0.15) is 5.56 Å². The average Bonchev–Trinajstić information content (AvgIpc) is 2.47. The van der Waals surface area contributed by atoms with Gasteiger partial charge in [0.15, 0.2) is 0 Å². The number of piperazine rings is 1. The number of carbonyl (C=O) groups is 1. The molecule has 0 bridgehead atoms. The summed E-state index contributed by atoms with van der Waals surface area (Å²) in [7, 11) is 0. The van der Waals surface area contributed by atoms with Gasteiger partial charge in [-0.3, -0.25) is 4.90 Å². The SMILES string of the molecule is NCCN1CCN(C(=O)NCc2ccccc2)CC1. The molecular formula is C14H22N4O. The summed E-state index contributed by atoms with van der Waals surface area (Å²) in [4.78, 5) is 16.2. The summed E-state index contributed by atoms with van der Waals surface area (Å²) in [5.74, 6) is 0. The summed E-state index contributed by atoms with van der Waals surface area (Å²) in [6.45, 7) is 5.57. The zero-order valence-electron chi connectivity index (χ0n) is 11.2. The third-order valence-electron chi connectivity index (χ3n) is 3.39. The Balaban J connectivity index is 1.73. The normalized spacial score (nSPS) is 16.4. The first kappa shape index (κ1) is 13.8. The van der Waals surface area contributed by atoms with E-state index in [0.29, 0.717) is 13.1 Å². The fourth-order valence-electron chi connectivity index (χ4n) is 2.24. The number of hydrogen-bond acceptors (Lipinski definition) is 3. The van der Waals surface area contributed by atoms with E-state index in [9.17, 15) is 4.79 Å². The molecule has 1 saturated heterocycles. The van der Waals surface area contributed by atoms with Crippen LogP contribution >= 0.6 is 0 Å². The Morgan fingerprint density at radius 2 is 1.84 bits per heavy atom. The van der Waals surface area contributed by atoms with Crippen molar-refractivity contribution in [2.75, 3.05) is 39.3 Å². The van der Waals surface area contributed by atoms with E-state index in [1.54, 1.807) is 0 Å². The Morgan fingerprint density at radius 3 is 2.47 bits per heavy atom. The maximum Gasteiger partial charge on any atom is 0.317 e. The molecule has 1 aliphatic rings. The second-order valence-electron chi connectivity index (χ2n) is 4.76. The number of rotatable bonds is 4. The molecule has 3 N–H and O–H groups in total. The number of nitrogens with zero attached hydrogens (tertiary/aromatic N) is 2. The first-order valence-corrected chi connectivity index (χ1v) is 6.78. The molecule has 19 heavy (non-hydrogen) atoms. The second-order valence-corrected chi connectivity index (χ2v) is 4.76. The molecule has 1 fully saturated rings. The number of amides is 2. The van der Waals surface area contributed by atoms with Crippen LogP contribution in [-0.4, -0.2) is 55.1 Å². The van der Waals surface area contributed by atoms with Crippen LogP contribution in [0.3, 0.4) is 0 Å². The largest absolute Gasteiger partial charge is 0.334 e. The predicted molar refractivity (Wildman–Crippen MR) is 75.7 cm³/mol. The summed E-state index contributed by atoms with van der Waals surface area (Å²) in [5.41, 5.74) is 6.65. The predicted octanol–water partition coefficient (Wildman–Crippen LogP) is 0.473. The molecule has 104 valence electrons. The zero-order valence-corrected chi connectivity index (χ0v) is 11.2. The van der Waals surface area contributed by atoms with Gasteiger partial charge in [0, 0.05) is 45.8 Å². The molecule has 5 heteroatoms. The molecule has 1 heterocycles. The highest BCUT2D eigenvalue weighted by atomic mass is 16.2. The van der Waals surface area contributed by atoms with Gasteiger partial charge in [-0.05, 0) is 5.56 Å². The van der Waals surface area contributed by atoms with Gasteiger partial charge in [0.25, 0.3) is 0 Å². The summed E-state index contributed by atoms with van der Waals surface area (Å²) < 4.78 is 0. The van der Waals surface area contributed by atoms with Crippen LogP contribution in [0.25, 0.3) is 0 Å². The molecule has 2 amide bonds. The lowest BCUT2D eigenvalue weighted by atomic mass is 10.2. The summed E-state index contributed by atoms with van der Waals surface area (Å²) >= 11 is 0. The van der Waals surface area contributed by atoms with Crippen molar-refractivity contribution < 1.29 is 4.79 Å². The second kappa shape index (κ2) is 7.11. The number of urea groups is 1. The molecule has 0 aliphatic carbocycles. The lowest BCUT2D eigenvalue weighted by molar-refractivity contribution is 0.141. The summed E-state index contributed by atoms with van der Waals surface area (Å²) in [5, 5.41) is 2.96. The van der Waals surface area contributed by atoms with Crippen molar-refractivity contribution in [3.8, 4) is 0 Å². The minimum atomic E-state index is 0.0243. The van der Waals surface area contributed by atoms with Crippen molar-refractivity contribution in [3.05, 3.63) is 35.9 Å². The van der Waals surface area contributed by atoms with Crippen molar-refractivity contribution >= 4 is 6.03 Å². The molecule has 0 atom stereocenters. The Morgan fingerprint density at radius 1 is 1.16 bits per heavy atom. The monoisotopic (exact) mass is 262 g/mol. The Bertz CT molecular complexity index is 388. The number of nitrogens with one attached hydrogen (secondary N) is 1. The van der Waals surface area contributed by atoms with E-state index in [1.165, 1.54) is 0 Å². The van der Waals surface area contributed by atoms with Crippen molar-refractivity contribution in [2.45, 2.75) is 6.54 Å². The minimum Gasteiger partial charge on any atom is -0.334 e. The van der Waals surface area contributed by atoms with Crippen LogP contribution in [0.2, 0.25) is 0 Å². The van der Waals surface area contributed by atoms with Crippen LogP contribution in [0, 0.1) is 0 Å². The van der Waals surface area contributed by atoms with E-state index in [2.05, 4.69) is 10.2 Å². The highest BCUT2D eigenvalue weighted by Gasteiger charge is 2.19. The molecular weight excluding hydrogens is 240 g/mol. The van der Waals surface area contributed by atoms with Gasteiger partial charge in [-0.1, -0.05) is 30.3 Å². The Kier molecular flexibility index (Phi) is 5.18. The summed E-state index contributed by atoms with van der Waals surface area (Å²) in [6, 6.07) is 9.98. The smallest absolute Gasteiger partial charge is 0.317 e. The molecule has 0 unspecified atom stereocenters. The molecule has 0 spiro atoms. The molecule has 2 rings (SSSR count). The molecule has 1 aromatic carbocycles. The highest BCUT2D eigenvalue weighted by Crippen LogP contribution is 2.02. The first-order valence-electron chi connectivity index (χ1n) is 6.78. The van der Waals surface area contributed by atoms with Gasteiger partial charge in [0.05, 0.1) is 0 Å².